The van der Waals surface area contributed by atoms with Crippen LogP contribution in [-0.4, -0.2) is 12.6 Å². The minimum absolute atomic E-state index is 0.0270. The summed E-state index contributed by atoms with van der Waals surface area (Å²) in [5.41, 5.74) is 0.890. The van der Waals surface area contributed by atoms with Crippen LogP contribution in [0.1, 0.15) is 53.4 Å². The lowest BCUT2D eigenvalue weighted by atomic mass is 9.97. The number of esters is 1. The van der Waals surface area contributed by atoms with Gasteiger partial charge in [0.05, 0.1) is 0 Å². The Morgan fingerprint density at radius 2 is 2.00 bits per heavy atom. The largest absolute Gasteiger partial charge is 0.449 e. The number of carbonyl (C=O) groups excluding carboxylic acids is 1. The molecule has 0 aromatic rings. The summed E-state index contributed by atoms with van der Waals surface area (Å²) in [6.45, 7) is 8.71. The van der Waals surface area contributed by atoms with Crippen LogP contribution in [0.5, 0.6) is 0 Å². The zero-order valence-corrected chi connectivity index (χ0v) is 13.3. The van der Waals surface area contributed by atoms with Gasteiger partial charge in [-0.25, -0.2) is 4.79 Å². The van der Waals surface area contributed by atoms with Gasteiger partial charge < -0.3 is 4.74 Å². The lowest BCUT2D eigenvalue weighted by Crippen LogP contribution is -2.01. The third-order valence-electron chi connectivity index (χ3n) is 3.04. The van der Waals surface area contributed by atoms with Gasteiger partial charge in [-0.2, -0.15) is 0 Å². The van der Waals surface area contributed by atoms with Crippen LogP contribution in [0, 0.1) is 24.2 Å². The molecule has 2 heteroatoms. The van der Waals surface area contributed by atoms with E-state index in [2.05, 4.69) is 32.8 Å². The molecule has 0 amide bonds. The van der Waals surface area contributed by atoms with E-state index in [0.717, 1.165) is 17.9 Å². The summed E-state index contributed by atoms with van der Waals surface area (Å²) in [5, 5.41) is 0. The van der Waals surface area contributed by atoms with E-state index in [1.165, 1.54) is 25.3 Å². The molecule has 0 bridgehead atoms. The summed E-state index contributed by atoms with van der Waals surface area (Å²) in [5.74, 6) is 3.36. The van der Waals surface area contributed by atoms with Gasteiger partial charge in [-0.15, -0.1) is 6.42 Å². The Labute approximate surface area is 124 Å². The van der Waals surface area contributed by atoms with Gasteiger partial charge in [-0.05, 0) is 30.8 Å². The maximum absolute atomic E-state index is 11.3. The van der Waals surface area contributed by atoms with Gasteiger partial charge in [0.25, 0.3) is 0 Å². The normalized spacial score (nSPS) is 13.5. The molecule has 0 spiro atoms. The van der Waals surface area contributed by atoms with Crippen molar-refractivity contribution in [2.45, 2.75) is 53.4 Å². The minimum atomic E-state index is -0.380. The zero-order valence-electron chi connectivity index (χ0n) is 13.3. The topological polar surface area (TPSA) is 26.3 Å². The first-order valence-corrected chi connectivity index (χ1v) is 7.40. The molecule has 0 aliphatic rings. The van der Waals surface area contributed by atoms with Crippen molar-refractivity contribution < 1.29 is 9.53 Å². The molecule has 1 unspecified atom stereocenters. The van der Waals surface area contributed by atoms with E-state index in [1.807, 2.05) is 13.0 Å². The molecule has 0 saturated carbocycles. The highest BCUT2D eigenvalue weighted by molar-refractivity contribution is 5.83. The predicted molar refractivity (Wildman–Crippen MR) is 85.2 cm³/mol. The van der Waals surface area contributed by atoms with Crippen molar-refractivity contribution in [3.63, 3.8) is 0 Å². The van der Waals surface area contributed by atoms with Crippen LogP contribution in [0.2, 0.25) is 0 Å². The highest BCUT2D eigenvalue weighted by Crippen LogP contribution is 2.15. The van der Waals surface area contributed by atoms with Gasteiger partial charge in [-0.3, -0.25) is 0 Å². The van der Waals surface area contributed by atoms with Gasteiger partial charge in [0.1, 0.15) is 0 Å². The van der Waals surface area contributed by atoms with Crippen LogP contribution in [0.15, 0.2) is 23.8 Å². The van der Waals surface area contributed by atoms with Crippen molar-refractivity contribution in [3.05, 3.63) is 23.8 Å². The zero-order chi connectivity index (χ0) is 15.4. The van der Waals surface area contributed by atoms with Crippen molar-refractivity contribution in [3.8, 4) is 12.3 Å². The molecule has 0 N–H and O–H groups in total. The number of ether oxygens (including phenoxy) is 1. The summed E-state index contributed by atoms with van der Waals surface area (Å²) < 4.78 is 4.78. The van der Waals surface area contributed by atoms with Gasteiger partial charge >= 0.3 is 5.97 Å². The maximum Gasteiger partial charge on any atom is 0.331 e. The Morgan fingerprint density at radius 1 is 1.30 bits per heavy atom. The Bertz CT molecular complexity index is 369. The van der Waals surface area contributed by atoms with Crippen molar-refractivity contribution in [1.82, 2.24) is 0 Å². The number of hydrogen-bond donors (Lipinski definition) is 0. The summed E-state index contributed by atoms with van der Waals surface area (Å²) in [6, 6.07) is 0. The van der Waals surface area contributed by atoms with E-state index in [-0.39, 0.29) is 12.6 Å². The van der Waals surface area contributed by atoms with Crippen LogP contribution in [0.25, 0.3) is 0 Å². The van der Waals surface area contributed by atoms with Crippen molar-refractivity contribution in [1.29, 1.82) is 0 Å². The molecule has 0 aromatic carbocycles. The van der Waals surface area contributed by atoms with Gasteiger partial charge in [0.2, 0.25) is 0 Å². The molecule has 2 nitrogen and oxygen atoms in total. The Balaban J connectivity index is 3.95. The Hall–Kier alpha value is -1.49. The SMILES string of the molecule is C#CCOC(=O)/C=C(C)/C=C/CC(C)CCCC(C)C. The predicted octanol–water partition coefficient (Wildman–Crippen LogP) is 4.52. The molecule has 0 aromatic heterocycles. The van der Waals surface area contributed by atoms with E-state index in [9.17, 15) is 4.79 Å². The third kappa shape index (κ3) is 11.6. The molecule has 0 fully saturated rings. The van der Waals surface area contributed by atoms with Crippen LogP contribution >= 0.6 is 0 Å². The molecule has 20 heavy (non-hydrogen) atoms. The molecule has 0 aliphatic heterocycles. The van der Waals surface area contributed by atoms with E-state index < -0.39 is 0 Å². The first-order valence-electron chi connectivity index (χ1n) is 7.40. The fourth-order valence-corrected chi connectivity index (χ4v) is 1.87. The Kier molecular flexibility index (Phi) is 10.5. The van der Waals surface area contributed by atoms with Crippen LogP contribution < -0.4 is 0 Å². The molecule has 0 radical (unpaired) electrons. The summed E-state index contributed by atoms with van der Waals surface area (Å²) in [7, 11) is 0. The summed E-state index contributed by atoms with van der Waals surface area (Å²) in [4.78, 5) is 11.3. The molecule has 112 valence electrons. The third-order valence-corrected chi connectivity index (χ3v) is 3.04. The minimum Gasteiger partial charge on any atom is -0.449 e. The second-order valence-electron chi connectivity index (χ2n) is 5.77. The standard InChI is InChI=1S/C18H28O2/c1-6-13-20-18(19)14-17(5)12-8-11-16(4)10-7-9-15(2)3/h1,8,12,14-16H,7,9-11,13H2,2-5H3/b12-8+,17-14+. The fourth-order valence-electron chi connectivity index (χ4n) is 1.87. The lowest BCUT2D eigenvalue weighted by molar-refractivity contribution is -0.136. The van der Waals surface area contributed by atoms with Crippen molar-refractivity contribution in [2.24, 2.45) is 11.8 Å². The number of terminal acetylenes is 1. The van der Waals surface area contributed by atoms with Crippen LogP contribution in [-0.2, 0) is 9.53 Å². The first kappa shape index (κ1) is 18.5. The van der Waals surface area contributed by atoms with Gasteiger partial charge in [0.15, 0.2) is 6.61 Å². The average Bonchev–Trinajstić information content (AvgIpc) is 2.35. The highest BCUT2D eigenvalue weighted by Gasteiger charge is 2.01. The molecule has 0 rings (SSSR count). The monoisotopic (exact) mass is 276 g/mol. The average molecular weight is 276 g/mol. The van der Waals surface area contributed by atoms with E-state index in [1.54, 1.807) is 0 Å². The van der Waals surface area contributed by atoms with E-state index in [0.29, 0.717) is 5.92 Å². The number of carbonyl (C=O) groups is 1. The Morgan fingerprint density at radius 3 is 2.60 bits per heavy atom. The smallest absolute Gasteiger partial charge is 0.331 e. The quantitative estimate of drug-likeness (QED) is 0.268. The molecule has 0 aliphatic carbocycles. The van der Waals surface area contributed by atoms with Crippen LogP contribution in [0.3, 0.4) is 0 Å². The molecule has 1 atom stereocenters. The van der Waals surface area contributed by atoms with Crippen LogP contribution in [0.4, 0.5) is 0 Å². The van der Waals surface area contributed by atoms with E-state index >= 15 is 0 Å². The fraction of sp³-hybridized carbons (Fsp3) is 0.611. The van der Waals surface area contributed by atoms with Gasteiger partial charge in [0, 0.05) is 6.08 Å². The number of hydrogen-bond acceptors (Lipinski definition) is 2. The van der Waals surface area contributed by atoms with Crippen molar-refractivity contribution in [2.75, 3.05) is 6.61 Å². The van der Waals surface area contributed by atoms with E-state index in [4.69, 9.17) is 11.2 Å². The summed E-state index contributed by atoms with van der Waals surface area (Å²) in [6.07, 6.45) is 15.5. The molecule has 0 heterocycles. The number of allylic oxidation sites excluding steroid dienone is 3. The summed E-state index contributed by atoms with van der Waals surface area (Å²) >= 11 is 0. The second-order valence-corrected chi connectivity index (χ2v) is 5.77. The molecular formula is C18H28O2. The first-order chi connectivity index (χ1) is 9.45. The number of rotatable bonds is 9. The van der Waals surface area contributed by atoms with Crippen molar-refractivity contribution >= 4 is 5.97 Å². The second kappa shape index (κ2) is 11.3. The lowest BCUT2D eigenvalue weighted by Gasteiger charge is -2.09. The maximum atomic E-state index is 11.3. The molecular weight excluding hydrogens is 248 g/mol. The molecule has 0 saturated heterocycles. The highest BCUT2D eigenvalue weighted by atomic mass is 16.5. The van der Waals surface area contributed by atoms with Gasteiger partial charge in [-0.1, -0.05) is 58.1 Å².